The molecule has 1 atom stereocenters. The van der Waals surface area contributed by atoms with E-state index in [1.165, 1.54) is 12.8 Å². The molecule has 1 aromatic carbocycles. The van der Waals surface area contributed by atoms with Crippen LogP contribution >= 0.6 is 0 Å². The molecule has 0 aliphatic carbocycles. The van der Waals surface area contributed by atoms with Crippen LogP contribution in [0.1, 0.15) is 46.5 Å². The number of rotatable bonds is 3. The second-order valence-corrected chi connectivity index (χ2v) is 7.74. The van der Waals surface area contributed by atoms with E-state index in [2.05, 4.69) is 10.6 Å². The van der Waals surface area contributed by atoms with E-state index in [-0.39, 0.29) is 17.4 Å². The number of hydrogen-bond acceptors (Lipinski definition) is 3. The highest BCUT2D eigenvalue weighted by molar-refractivity contribution is 5.95. The summed E-state index contributed by atoms with van der Waals surface area (Å²) in [7, 11) is 0. The van der Waals surface area contributed by atoms with Crippen LogP contribution in [0, 0.1) is 5.41 Å². The number of nitrogens with zero attached hydrogens (tertiary/aromatic N) is 1. The summed E-state index contributed by atoms with van der Waals surface area (Å²) in [4.78, 5) is 26.3. The van der Waals surface area contributed by atoms with Crippen molar-refractivity contribution in [2.24, 2.45) is 11.1 Å². The van der Waals surface area contributed by atoms with Gasteiger partial charge in [-0.05, 0) is 42.5 Å². The van der Waals surface area contributed by atoms with E-state index < -0.39 is 6.04 Å². The maximum Gasteiger partial charge on any atom is 0.321 e. The highest BCUT2D eigenvalue weighted by atomic mass is 16.2. The van der Waals surface area contributed by atoms with Gasteiger partial charge in [-0.25, -0.2) is 4.79 Å². The minimum atomic E-state index is -0.588. The number of nitrogens with one attached hydrogen (secondary N) is 2. The van der Waals surface area contributed by atoms with Gasteiger partial charge in [0.25, 0.3) is 0 Å². The van der Waals surface area contributed by atoms with Gasteiger partial charge in [-0.3, -0.25) is 4.79 Å². The lowest BCUT2D eigenvalue weighted by molar-refractivity contribution is -0.119. The van der Waals surface area contributed by atoms with Crippen molar-refractivity contribution >= 4 is 23.3 Å². The average Bonchev–Trinajstić information content (AvgIpc) is 2.84. The van der Waals surface area contributed by atoms with Crippen LogP contribution in [0.2, 0.25) is 0 Å². The third-order valence-electron chi connectivity index (χ3n) is 4.51. The maximum atomic E-state index is 12.3. The number of anilines is 2. The highest BCUT2D eigenvalue weighted by Gasteiger charge is 2.27. The zero-order chi connectivity index (χ0) is 18.4. The minimum Gasteiger partial charge on any atom is -0.325 e. The Kier molecular flexibility index (Phi) is 6.42. The third-order valence-corrected chi connectivity index (χ3v) is 4.51. The standard InChI is InChI=1S/C19H30N4O2/c1-19(2,3)16(20)17(24)21-14-8-10-15(11-9-14)22-18(25)23-12-6-4-5-7-13-23/h8-11,16H,4-7,12-13,20H2,1-3H3,(H,21,24)(H,22,25)/t16-/m1/s1. The van der Waals surface area contributed by atoms with Crippen LogP contribution in [-0.2, 0) is 4.79 Å². The molecular weight excluding hydrogens is 316 g/mol. The summed E-state index contributed by atoms with van der Waals surface area (Å²) in [5.74, 6) is -0.214. The van der Waals surface area contributed by atoms with Gasteiger partial charge in [0.2, 0.25) is 5.91 Å². The summed E-state index contributed by atoms with van der Waals surface area (Å²) in [6.07, 6.45) is 4.50. The fraction of sp³-hybridized carbons (Fsp3) is 0.579. The van der Waals surface area contributed by atoms with Gasteiger partial charge in [0.1, 0.15) is 0 Å². The fourth-order valence-electron chi connectivity index (χ4n) is 2.73. The van der Waals surface area contributed by atoms with Gasteiger partial charge in [-0.2, -0.15) is 0 Å². The Bertz CT molecular complexity index is 584. The molecule has 2 rings (SSSR count). The van der Waals surface area contributed by atoms with E-state index >= 15 is 0 Å². The molecule has 3 amide bonds. The topological polar surface area (TPSA) is 87.5 Å². The lowest BCUT2D eigenvalue weighted by Gasteiger charge is -2.25. The van der Waals surface area contributed by atoms with Crippen molar-refractivity contribution in [2.45, 2.75) is 52.5 Å². The molecule has 1 heterocycles. The van der Waals surface area contributed by atoms with Crippen molar-refractivity contribution < 1.29 is 9.59 Å². The molecule has 6 heteroatoms. The molecule has 1 aliphatic rings. The Morgan fingerprint density at radius 3 is 1.92 bits per heavy atom. The first-order valence-electron chi connectivity index (χ1n) is 9.00. The molecule has 138 valence electrons. The van der Waals surface area contributed by atoms with Crippen molar-refractivity contribution in [1.29, 1.82) is 0 Å². The van der Waals surface area contributed by atoms with E-state index in [9.17, 15) is 9.59 Å². The summed E-state index contributed by atoms with van der Waals surface area (Å²) >= 11 is 0. The van der Waals surface area contributed by atoms with Crippen molar-refractivity contribution in [3.05, 3.63) is 24.3 Å². The van der Waals surface area contributed by atoms with Gasteiger partial charge in [-0.1, -0.05) is 33.6 Å². The van der Waals surface area contributed by atoms with Crippen LogP contribution in [0.3, 0.4) is 0 Å². The number of hydrogen-bond donors (Lipinski definition) is 3. The zero-order valence-corrected chi connectivity index (χ0v) is 15.5. The van der Waals surface area contributed by atoms with Crippen LogP contribution in [-0.4, -0.2) is 36.0 Å². The smallest absolute Gasteiger partial charge is 0.321 e. The molecule has 1 aliphatic heterocycles. The van der Waals surface area contributed by atoms with Crippen LogP contribution in [0.15, 0.2) is 24.3 Å². The predicted molar refractivity (Wildman–Crippen MR) is 102 cm³/mol. The predicted octanol–water partition coefficient (Wildman–Crippen LogP) is 3.41. The Labute approximate surface area is 150 Å². The molecular formula is C19H30N4O2. The van der Waals surface area contributed by atoms with Gasteiger partial charge >= 0.3 is 6.03 Å². The average molecular weight is 346 g/mol. The largest absolute Gasteiger partial charge is 0.325 e. The zero-order valence-electron chi connectivity index (χ0n) is 15.5. The second kappa shape index (κ2) is 8.34. The number of amides is 3. The number of nitrogens with two attached hydrogens (primary N) is 1. The number of benzene rings is 1. The summed E-state index contributed by atoms with van der Waals surface area (Å²) in [6.45, 7) is 7.41. The molecule has 6 nitrogen and oxygen atoms in total. The van der Waals surface area contributed by atoms with Gasteiger partial charge in [-0.15, -0.1) is 0 Å². The van der Waals surface area contributed by atoms with Gasteiger partial charge in [0.15, 0.2) is 0 Å². The molecule has 0 radical (unpaired) electrons. The summed E-state index contributed by atoms with van der Waals surface area (Å²) in [6, 6.07) is 6.46. The quantitative estimate of drug-likeness (QED) is 0.784. The first-order valence-corrected chi connectivity index (χ1v) is 9.00. The lowest BCUT2D eigenvalue weighted by atomic mass is 9.87. The van der Waals surface area contributed by atoms with E-state index in [4.69, 9.17) is 5.73 Å². The van der Waals surface area contributed by atoms with Crippen molar-refractivity contribution in [1.82, 2.24) is 4.90 Å². The summed E-state index contributed by atoms with van der Waals surface area (Å²) in [5, 5.41) is 5.73. The van der Waals surface area contributed by atoms with E-state index in [0.717, 1.165) is 25.9 Å². The first-order chi connectivity index (χ1) is 11.8. The van der Waals surface area contributed by atoms with Gasteiger partial charge in [0.05, 0.1) is 6.04 Å². The molecule has 0 unspecified atom stereocenters. The maximum absolute atomic E-state index is 12.3. The number of likely N-dealkylation sites (tertiary alicyclic amines) is 1. The SMILES string of the molecule is CC(C)(C)[C@H](N)C(=O)Nc1ccc(NC(=O)N2CCCCCC2)cc1. The molecule has 1 aromatic rings. The van der Waals surface area contributed by atoms with E-state index in [0.29, 0.717) is 11.4 Å². The molecule has 0 spiro atoms. The first kappa shape index (κ1) is 19.2. The molecule has 0 bridgehead atoms. The lowest BCUT2D eigenvalue weighted by Crippen LogP contribution is -2.45. The van der Waals surface area contributed by atoms with Crippen molar-refractivity contribution in [2.75, 3.05) is 23.7 Å². The summed E-state index contributed by atoms with van der Waals surface area (Å²) in [5.41, 5.74) is 7.04. The van der Waals surface area contributed by atoms with E-state index in [1.54, 1.807) is 24.3 Å². The molecule has 25 heavy (non-hydrogen) atoms. The summed E-state index contributed by atoms with van der Waals surface area (Å²) < 4.78 is 0. The second-order valence-electron chi connectivity index (χ2n) is 7.74. The molecule has 1 fully saturated rings. The highest BCUT2D eigenvalue weighted by Crippen LogP contribution is 2.20. The normalized spacial score (nSPS) is 16.7. The molecule has 1 saturated heterocycles. The fourth-order valence-corrected chi connectivity index (χ4v) is 2.73. The molecule has 0 aromatic heterocycles. The number of carbonyl (C=O) groups is 2. The monoisotopic (exact) mass is 346 g/mol. The number of carbonyl (C=O) groups excluding carboxylic acids is 2. The van der Waals surface area contributed by atoms with Crippen molar-refractivity contribution in [3.63, 3.8) is 0 Å². The minimum absolute atomic E-state index is 0.0616. The van der Waals surface area contributed by atoms with Crippen LogP contribution < -0.4 is 16.4 Å². The Morgan fingerprint density at radius 2 is 1.44 bits per heavy atom. The van der Waals surface area contributed by atoms with E-state index in [1.807, 2.05) is 25.7 Å². The van der Waals surface area contributed by atoms with Crippen LogP contribution in [0.4, 0.5) is 16.2 Å². The Hall–Kier alpha value is -2.08. The Morgan fingerprint density at radius 1 is 0.960 bits per heavy atom. The number of urea groups is 1. The third kappa shape index (κ3) is 5.74. The molecule has 0 saturated carbocycles. The van der Waals surface area contributed by atoms with Crippen LogP contribution in [0.25, 0.3) is 0 Å². The van der Waals surface area contributed by atoms with Crippen molar-refractivity contribution in [3.8, 4) is 0 Å². The van der Waals surface area contributed by atoms with Gasteiger partial charge < -0.3 is 21.3 Å². The van der Waals surface area contributed by atoms with Gasteiger partial charge in [0, 0.05) is 24.5 Å². The molecule has 4 N–H and O–H groups in total. The van der Waals surface area contributed by atoms with Crippen LogP contribution in [0.5, 0.6) is 0 Å². The Balaban J connectivity index is 1.91.